The SMILES string of the molecule is Clc1ccc(-c2c3nc(c(-c4ccc(Cl)cc4)c4cc(-c5c6nc(c(-c7ccccc7)c7ccc(cc8nc(c(-c9ccccc9)c9ccc5[n-]9)C=C8)[n-]7)C=C6)c([n-]4)c(-c4ccc(Cl)cc4)c4nc(c(-c5ccc(Cl)cc5)c5ccc2[n-]5)C=C4)C=C3)cc1.[Ni+2].[Ni+2]. The summed E-state index contributed by atoms with van der Waals surface area (Å²) >= 11 is 26.7. The molecule has 0 saturated heterocycles. The first kappa shape index (κ1) is 58.4. The minimum atomic E-state index is 0. The Bertz CT molecular complexity index is 5300. The van der Waals surface area contributed by atoms with Gasteiger partial charge in [0.2, 0.25) is 0 Å². The van der Waals surface area contributed by atoms with Gasteiger partial charge in [-0.1, -0.05) is 204 Å². The fraction of sp³-hybridized carbons (Fsp3) is 0. The molecule has 6 aromatic heterocycles. The zero-order valence-electron chi connectivity index (χ0n) is 47.0. The Morgan fingerprint density at radius 1 is 0.244 bits per heavy atom. The minimum Gasteiger partial charge on any atom is -0.657 e. The topological polar surface area (TPSA) is 108 Å². The van der Waals surface area contributed by atoms with E-state index >= 15 is 0 Å². The maximum Gasteiger partial charge on any atom is 2.00 e. The monoisotopic (exact) mass is 1320 g/mol. The molecule has 0 aliphatic carbocycles. The van der Waals surface area contributed by atoms with Crippen LogP contribution in [0.15, 0.2) is 206 Å². The third-order valence-corrected chi connectivity index (χ3v) is 17.1. The second kappa shape index (κ2) is 24.2. The Labute approximate surface area is 557 Å². The van der Waals surface area contributed by atoms with Crippen LogP contribution in [0.1, 0.15) is 45.6 Å². The zero-order valence-corrected chi connectivity index (χ0v) is 52.0. The van der Waals surface area contributed by atoms with E-state index < -0.39 is 0 Å². The van der Waals surface area contributed by atoms with Crippen molar-refractivity contribution in [3.8, 4) is 77.9 Å². The molecule has 90 heavy (non-hydrogen) atoms. The maximum atomic E-state index is 6.79. The molecular weight excluding hydrogens is 1280 g/mol. The Kier molecular flexibility index (Phi) is 15.7. The molecule has 0 fully saturated rings. The van der Waals surface area contributed by atoms with Gasteiger partial charge in [-0.3, -0.25) is 0 Å². The van der Waals surface area contributed by atoms with Crippen molar-refractivity contribution in [1.29, 1.82) is 0 Å². The number of hydrogen-bond acceptors (Lipinski definition) is 4. The summed E-state index contributed by atoms with van der Waals surface area (Å²) in [7, 11) is 0. The molecule has 10 heterocycles. The number of rotatable bonds is 7. The molecule has 434 valence electrons. The summed E-state index contributed by atoms with van der Waals surface area (Å²) in [5.41, 5.74) is 22.9. The Morgan fingerprint density at radius 3 is 0.978 bits per heavy atom. The summed E-state index contributed by atoms with van der Waals surface area (Å²) in [6.07, 6.45) is 16.4. The van der Waals surface area contributed by atoms with Crippen molar-refractivity contribution in [3.63, 3.8) is 0 Å². The zero-order chi connectivity index (χ0) is 59.0. The fourth-order valence-corrected chi connectivity index (χ4v) is 12.6. The molecule has 0 spiro atoms. The van der Waals surface area contributed by atoms with Gasteiger partial charge in [-0.2, -0.15) is 0 Å². The van der Waals surface area contributed by atoms with Crippen LogP contribution in [0, 0.1) is 0 Å². The normalized spacial score (nSPS) is 12.1. The quantitative estimate of drug-likeness (QED) is 0.145. The molecule has 4 aliphatic rings. The number of nitrogens with zero attached hydrogens (tertiary/aromatic N) is 8. The summed E-state index contributed by atoms with van der Waals surface area (Å²) in [6, 6.07) is 68.2. The van der Waals surface area contributed by atoms with Crippen LogP contribution in [0.3, 0.4) is 0 Å². The Balaban J connectivity index is 0.00000354. The molecule has 0 unspecified atom stereocenters. The molecule has 0 saturated carbocycles. The van der Waals surface area contributed by atoms with Gasteiger partial charge in [0.25, 0.3) is 0 Å². The van der Waals surface area contributed by atoms with Gasteiger partial charge in [0.1, 0.15) is 0 Å². The first-order chi connectivity index (χ1) is 43.2. The first-order valence-electron chi connectivity index (χ1n) is 28.5. The van der Waals surface area contributed by atoms with Crippen LogP contribution in [0.2, 0.25) is 20.1 Å². The smallest absolute Gasteiger partial charge is 0.657 e. The van der Waals surface area contributed by atoms with E-state index in [0.717, 1.165) is 112 Å². The molecule has 8 nitrogen and oxygen atoms in total. The average molecular weight is 1330 g/mol. The van der Waals surface area contributed by atoms with E-state index in [1.54, 1.807) is 0 Å². The second-order valence-corrected chi connectivity index (χ2v) is 23.3. The van der Waals surface area contributed by atoms with Crippen LogP contribution in [0.4, 0.5) is 0 Å². The largest absolute Gasteiger partial charge is 2.00 e. The van der Waals surface area contributed by atoms with Gasteiger partial charge in [-0.05, 0) is 175 Å². The minimum absolute atomic E-state index is 0. The molecule has 0 amide bonds. The number of hydrogen-bond donors (Lipinski definition) is 0. The van der Waals surface area contributed by atoms with E-state index in [4.69, 9.17) is 86.3 Å². The van der Waals surface area contributed by atoms with E-state index in [1.165, 1.54) is 0 Å². The predicted octanol–water partition coefficient (Wildman–Crippen LogP) is 20.4. The van der Waals surface area contributed by atoms with Crippen molar-refractivity contribution in [3.05, 3.63) is 272 Å². The van der Waals surface area contributed by atoms with Crippen molar-refractivity contribution in [2.75, 3.05) is 0 Å². The van der Waals surface area contributed by atoms with E-state index in [1.807, 2.05) is 182 Å². The molecule has 14 heteroatoms. The van der Waals surface area contributed by atoms with E-state index in [-0.39, 0.29) is 33.0 Å². The fourth-order valence-electron chi connectivity index (χ4n) is 12.1. The molecule has 0 radical (unpaired) electrons. The summed E-state index contributed by atoms with van der Waals surface area (Å²) in [4.78, 5) is 44.5. The van der Waals surface area contributed by atoms with Crippen molar-refractivity contribution < 1.29 is 33.0 Å². The maximum absolute atomic E-state index is 6.79. The van der Waals surface area contributed by atoms with Crippen LogP contribution in [-0.2, 0) is 33.0 Å². The second-order valence-electron chi connectivity index (χ2n) is 21.5. The number of fused-ring (bicyclic) bond motifs is 16. The van der Waals surface area contributed by atoms with Gasteiger partial charge < -0.3 is 19.9 Å². The number of benzene rings is 6. The average Bonchev–Trinajstić information content (AvgIpc) is 1.63. The van der Waals surface area contributed by atoms with E-state index in [2.05, 4.69) is 72.8 Å². The Morgan fingerprint density at radius 2 is 0.556 bits per heavy atom. The van der Waals surface area contributed by atoms with Gasteiger partial charge in [0.05, 0.1) is 45.6 Å². The molecule has 16 bridgehead atoms. The van der Waals surface area contributed by atoms with Crippen LogP contribution in [0.25, 0.3) is 171 Å². The van der Waals surface area contributed by atoms with Crippen LogP contribution < -0.4 is 19.9 Å². The molecule has 12 aromatic rings. The van der Waals surface area contributed by atoms with Crippen molar-refractivity contribution >= 4 is 139 Å². The van der Waals surface area contributed by atoms with Gasteiger partial charge >= 0.3 is 33.0 Å². The Hall–Kier alpha value is -9.33. The van der Waals surface area contributed by atoms with Crippen molar-refractivity contribution in [2.24, 2.45) is 0 Å². The van der Waals surface area contributed by atoms with E-state index in [9.17, 15) is 0 Å². The molecular formula is C76H42Cl4N8Ni2. The summed E-state index contributed by atoms with van der Waals surface area (Å²) < 4.78 is 0. The van der Waals surface area contributed by atoms with Crippen LogP contribution >= 0.6 is 46.4 Å². The first-order valence-corrected chi connectivity index (χ1v) is 30.0. The predicted molar refractivity (Wildman–Crippen MR) is 365 cm³/mol. The summed E-state index contributed by atoms with van der Waals surface area (Å²) in [5, 5.41) is 2.38. The van der Waals surface area contributed by atoms with Crippen LogP contribution in [0.5, 0.6) is 0 Å². The van der Waals surface area contributed by atoms with Crippen molar-refractivity contribution in [2.45, 2.75) is 0 Å². The standard InChI is InChI=1S/C76H42Cl4N8.2Ni/c77-49-19-11-45(12-20-49)71-60-31-32-61(83-60)72(46-13-21-50(78)22-14-46)63-35-38-65(85-63)74(48-17-25-52(80)26-18-48)76-55(42-68(88-76)73(64-34-33-62(71)84-64)47-15-23-51(79)24-16-47)75-66-39-36-58(86-66)69(43-7-3-1-4-8-43)56-29-27-53(81-56)41-54-28-30-57(82-54)70(44-9-5-2-6-10-44)59-37-40-67(75)87-59;;/h1-42H;;/q-4;2*+2. The summed E-state index contributed by atoms with van der Waals surface area (Å²) in [5.74, 6) is 0. The van der Waals surface area contributed by atoms with E-state index in [0.29, 0.717) is 76.1 Å². The van der Waals surface area contributed by atoms with Gasteiger partial charge in [0, 0.05) is 20.1 Å². The summed E-state index contributed by atoms with van der Waals surface area (Å²) in [6.45, 7) is 0. The van der Waals surface area contributed by atoms with Crippen molar-refractivity contribution in [1.82, 2.24) is 39.9 Å². The third-order valence-electron chi connectivity index (χ3n) is 16.1. The number of halogens is 4. The third kappa shape index (κ3) is 10.8. The molecule has 0 N–H and O–H groups in total. The molecule has 16 rings (SSSR count). The molecule has 4 aliphatic heterocycles. The number of aromatic nitrogens is 8. The van der Waals surface area contributed by atoms with Gasteiger partial charge in [-0.25, -0.2) is 19.9 Å². The van der Waals surface area contributed by atoms with Gasteiger partial charge in [0.15, 0.2) is 0 Å². The molecule has 6 aromatic carbocycles. The van der Waals surface area contributed by atoms with Crippen LogP contribution in [-0.4, -0.2) is 19.9 Å². The molecule has 0 atom stereocenters. The van der Waals surface area contributed by atoms with Gasteiger partial charge in [-0.15, -0.1) is 44.1 Å².